The van der Waals surface area contributed by atoms with Crippen molar-refractivity contribution in [2.24, 2.45) is 4.99 Å². The van der Waals surface area contributed by atoms with Crippen LogP contribution in [0.15, 0.2) is 53.5 Å². The van der Waals surface area contributed by atoms with Crippen molar-refractivity contribution in [1.29, 1.82) is 0 Å². The lowest BCUT2D eigenvalue weighted by atomic mass is 10.0. The number of benzene rings is 2. The summed E-state index contributed by atoms with van der Waals surface area (Å²) in [5.74, 6) is 1.24. The number of ether oxygens (including phenoxy) is 1. The van der Waals surface area contributed by atoms with E-state index in [1.165, 1.54) is 22.3 Å². The number of guanidine groups is 1. The minimum Gasteiger partial charge on any atom is -0.380 e. The van der Waals surface area contributed by atoms with E-state index in [0.29, 0.717) is 12.5 Å². The summed E-state index contributed by atoms with van der Waals surface area (Å²) in [5, 5.41) is 6.78. The highest BCUT2D eigenvalue weighted by Gasteiger charge is 2.06. The van der Waals surface area contributed by atoms with Crippen LogP contribution in [0.25, 0.3) is 0 Å². The van der Waals surface area contributed by atoms with Gasteiger partial charge in [-0.05, 0) is 29.5 Å². The molecule has 0 spiro atoms. The lowest BCUT2D eigenvalue weighted by Gasteiger charge is -2.17. The molecule has 5 heteroatoms. The van der Waals surface area contributed by atoms with Gasteiger partial charge < -0.3 is 15.4 Å². The van der Waals surface area contributed by atoms with Crippen molar-refractivity contribution in [2.45, 2.75) is 32.9 Å². The maximum absolute atomic E-state index is 5.19. The van der Waals surface area contributed by atoms with E-state index in [1.807, 2.05) is 0 Å². The van der Waals surface area contributed by atoms with Gasteiger partial charge in [-0.25, -0.2) is 0 Å². The fourth-order valence-corrected chi connectivity index (χ4v) is 2.67. The van der Waals surface area contributed by atoms with E-state index in [2.05, 4.69) is 78.0 Å². The minimum atomic E-state index is 0. The molecule has 0 amide bonds. The Balaban J connectivity index is 0.00000338. The Kier molecular flexibility index (Phi) is 10.3. The third-order valence-corrected chi connectivity index (χ3v) is 4.21. The van der Waals surface area contributed by atoms with Gasteiger partial charge in [0.05, 0.1) is 6.61 Å². The van der Waals surface area contributed by atoms with Crippen LogP contribution < -0.4 is 10.6 Å². The molecule has 0 radical (unpaired) electrons. The van der Waals surface area contributed by atoms with Crippen LogP contribution in [0.4, 0.5) is 0 Å². The van der Waals surface area contributed by atoms with Gasteiger partial charge >= 0.3 is 0 Å². The quantitative estimate of drug-likeness (QED) is 0.364. The van der Waals surface area contributed by atoms with Crippen molar-refractivity contribution < 1.29 is 4.74 Å². The highest BCUT2D eigenvalue weighted by molar-refractivity contribution is 14.0. The van der Waals surface area contributed by atoms with Gasteiger partial charge in [-0.1, -0.05) is 61.0 Å². The molecule has 0 aromatic heterocycles. The normalized spacial score (nSPS) is 12.2. The predicted octanol–water partition coefficient (Wildman–Crippen LogP) is 4.23. The molecule has 0 heterocycles. The Bertz CT molecular complexity index is 686. The molecule has 2 rings (SSSR count). The van der Waals surface area contributed by atoms with E-state index in [9.17, 15) is 0 Å². The number of aliphatic imine (C=N–C) groups is 1. The van der Waals surface area contributed by atoms with Crippen LogP contribution in [0.2, 0.25) is 0 Å². The van der Waals surface area contributed by atoms with Gasteiger partial charge in [0.2, 0.25) is 0 Å². The number of methoxy groups -OCH3 is 1. The number of aryl methyl sites for hydroxylation is 1. The average molecular weight is 467 g/mol. The maximum Gasteiger partial charge on any atom is 0.191 e. The second-order valence-electron chi connectivity index (χ2n) is 6.37. The molecule has 1 unspecified atom stereocenters. The second kappa shape index (κ2) is 11.9. The summed E-state index contributed by atoms with van der Waals surface area (Å²) in [4.78, 5) is 4.31. The molecule has 0 aliphatic heterocycles. The first kappa shape index (κ1) is 22.4. The van der Waals surface area contributed by atoms with Gasteiger partial charge in [0, 0.05) is 27.2 Å². The Morgan fingerprint density at radius 2 is 1.77 bits per heavy atom. The van der Waals surface area contributed by atoms with E-state index in [-0.39, 0.29) is 24.0 Å². The highest BCUT2D eigenvalue weighted by atomic mass is 127. The molecule has 142 valence electrons. The van der Waals surface area contributed by atoms with E-state index >= 15 is 0 Å². The van der Waals surface area contributed by atoms with Crippen LogP contribution in [-0.4, -0.2) is 26.7 Å². The van der Waals surface area contributed by atoms with Crippen LogP contribution in [0.1, 0.15) is 35.1 Å². The molecule has 4 nitrogen and oxygen atoms in total. The minimum absolute atomic E-state index is 0. The van der Waals surface area contributed by atoms with Crippen molar-refractivity contribution in [3.8, 4) is 0 Å². The number of nitrogens with zero attached hydrogens (tertiary/aromatic N) is 1. The Labute approximate surface area is 174 Å². The fraction of sp³-hybridized carbons (Fsp3) is 0.381. The molecule has 2 aromatic rings. The van der Waals surface area contributed by atoms with Gasteiger partial charge in [-0.3, -0.25) is 4.99 Å². The first-order valence-corrected chi connectivity index (χ1v) is 8.70. The highest BCUT2D eigenvalue weighted by Crippen LogP contribution is 2.14. The third-order valence-electron chi connectivity index (χ3n) is 4.21. The second-order valence-corrected chi connectivity index (χ2v) is 6.37. The third kappa shape index (κ3) is 7.33. The molecule has 0 aliphatic carbocycles. The summed E-state index contributed by atoms with van der Waals surface area (Å²) in [6.07, 6.45) is 0. The van der Waals surface area contributed by atoms with E-state index in [0.717, 1.165) is 19.0 Å². The maximum atomic E-state index is 5.19. The van der Waals surface area contributed by atoms with Crippen molar-refractivity contribution in [3.63, 3.8) is 0 Å². The van der Waals surface area contributed by atoms with Crippen LogP contribution in [0, 0.1) is 6.92 Å². The molecule has 0 fully saturated rings. The Hall–Kier alpha value is -1.60. The van der Waals surface area contributed by atoms with E-state index in [4.69, 9.17) is 4.74 Å². The summed E-state index contributed by atoms with van der Waals surface area (Å²) in [6.45, 7) is 6.54. The molecular weight excluding hydrogens is 437 g/mol. The molecule has 2 aromatic carbocycles. The number of rotatable bonds is 7. The number of halogens is 1. The van der Waals surface area contributed by atoms with Crippen molar-refractivity contribution in [1.82, 2.24) is 10.6 Å². The monoisotopic (exact) mass is 467 g/mol. The van der Waals surface area contributed by atoms with Crippen molar-refractivity contribution in [2.75, 3.05) is 20.7 Å². The molecule has 2 N–H and O–H groups in total. The van der Waals surface area contributed by atoms with Gasteiger partial charge in [-0.2, -0.15) is 0 Å². The van der Waals surface area contributed by atoms with Crippen molar-refractivity contribution >= 4 is 29.9 Å². The van der Waals surface area contributed by atoms with E-state index < -0.39 is 0 Å². The predicted molar refractivity (Wildman–Crippen MR) is 120 cm³/mol. The van der Waals surface area contributed by atoms with Crippen LogP contribution in [0.5, 0.6) is 0 Å². The van der Waals surface area contributed by atoms with E-state index in [1.54, 1.807) is 14.2 Å². The van der Waals surface area contributed by atoms with Crippen LogP contribution >= 0.6 is 24.0 Å². The summed E-state index contributed by atoms with van der Waals surface area (Å²) in [7, 11) is 3.51. The first-order chi connectivity index (χ1) is 12.1. The molecular formula is C21H30IN3O. The first-order valence-electron chi connectivity index (χ1n) is 8.70. The van der Waals surface area contributed by atoms with Crippen molar-refractivity contribution in [3.05, 3.63) is 70.8 Å². The SMILES string of the molecule is CN=C(NCc1cccc(COC)c1)NCC(C)c1ccc(C)cc1.I. The summed E-state index contributed by atoms with van der Waals surface area (Å²) >= 11 is 0. The summed E-state index contributed by atoms with van der Waals surface area (Å²) < 4.78 is 5.19. The largest absolute Gasteiger partial charge is 0.380 e. The zero-order chi connectivity index (χ0) is 18.1. The molecule has 0 bridgehead atoms. The number of hydrogen-bond donors (Lipinski definition) is 2. The molecule has 1 atom stereocenters. The van der Waals surface area contributed by atoms with Gasteiger partial charge in [0.25, 0.3) is 0 Å². The Morgan fingerprint density at radius 3 is 2.42 bits per heavy atom. The molecule has 0 saturated carbocycles. The van der Waals surface area contributed by atoms with Crippen LogP contribution in [0.3, 0.4) is 0 Å². The van der Waals surface area contributed by atoms with Gasteiger partial charge in [0.1, 0.15) is 0 Å². The van der Waals surface area contributed by atoms with Crippen LogP contribution in [-0.2, 0) is 17.9 Å². The molecule has 26 heavy (non-hydrogen) atoms. The Morgan fingerprint density at radius 1 is 1.08 bits per heavy atom. The fourth-order valence-electron chi connectivity index (χ4n) is 2.67. The molecule has 0 aliphatic rings. The van der Waals surface area contributed by atoms with Gasteiger partial charge in [-0.15, -0.1) is 24.0 Å². The smallest absolute Gasteiger partial charge is 0.191 e. The summed E-state index contributed by atoms with van der Waals surface area (Å²) in [6, 6.07) is 17.1. The lowest BCUT2D eigenvalue weighted by Crippen LogP contribution is -2.38. The zero-order valence-corrected chi connectivity index (χ0v) is 18.4. The number of hydrogen-bond acceptors (Lipinski definition) is 2. The number of nitrogens with one attached hydrogen (secondary N) is 2. The lowest BCUT2D eigenvalue weighted by molar-refractivity contribution is 0.185. The topological polar surface area (TPSA) is 45.7 Å². The summed E-state index contributed by atoms with van der Waals surface area (Å²) in [5.41, 5.74) is 5.01. The standard InChI is InChI=1S/C21H29N3O.HI/c1-16-8-10-20(11-9-16)17(2)13-23-21(22-3)24-14-18-6-5-7-19(12-18)15-25-4;/h5-12,17H,13-15H2,1-4H3,(H2,22,23,24);1H. The zero-order valence-electron chi connectivity index (χ0n) is 16.1. The average Bonchev–Trinajstić information content (AvgIpc) is 2.63. The van der Waals surface area contributed by atoms with Gasteiger partial charge in [0.15, 0.2) is 5.96 Å². The molecule has 0 saturated heterocycles.